The summed E-state index contributed by atoms with van der Waals surface area (Å²) in [5, 5.41) is 0. The number of halogens is 3. The molecule has 3 heterocycles. The molecule has 1 aliphatic rings. The van der Waals surface area contributed by atoms with E-state index in [0.29, 0.717) is 18.7 Å². The zero-order chi connectivity index (χ0) is 21.1. The summed E-state index contributed by atoms with van der Waals surface area (Å²) in [4.78, 5) is 21.0. The zero-order valence-electron chi connectivity index (χ0n) is 16.2. The quantitative estimate of drug-likeness (QED) is 0.611. The first-order chi connectivity index (χ1) is 14.4. The zero-order valence-corrected chi connectivity index (χ0v) is 16.2. The minimum atomic E-state index is -4.36. The second kappa shape index (κ2) is 8.31. The van der Waals surface area contributed by atoms with Gasteiger partial charge in [0.1, 0.15) is 5.65 Å². The summed E-state index contributed by atoms with van der Waals surface area (Å²) in [5.41, 5.74) is 1.76. The van der Waals surface area contributed by atoms with E-state index in [1.807, 2.05) is 35.0 Å². The van der Waals surface area contributed by atoms with E-state index >= 15 is 0 Å². The standard InChI is InChI=1S/C22H21F3N4O/c23-22(24,25)18-7-4-17(5-8-18)6-9-21(30)28-13-11-27(12-14-28)15-19-16-29-10-2-1-3-20(29)26-19/h1-10,16H,11-15H2/b9-6+. The van der Waals surface area contributed by atoms with Crippen molar-refractivity contribution >= 4 is 17.6 Å². The van der Waals surface area contributed by atoms with Crippen molar-refractivity contribution in [3.63, 3.8) is 0 Å². The SMILES string of the molecule is O=C(/C=C/c1ccc(C(F)(F)F)cc1)N1CCN(Cc2cn3ccccc3n2)CC1. The van der Waals surface area contributed by atoms with E-state index in [2.05, 4.69) is 9.88 Å². The molecule has 30 heavy (non-hydrogen) atoms. The molecule has 0 aliphatic carbocycles. The molecule has 1 amide bonds. The molecule has 0 saturated carbocycles. The first-order valence-corrected chi connectivity index (χ1v) is 9.68. The lowest BCUT2D eigenvalue weighted by Gasteiger charge is -2.33. The van der Waals surface area contributed by atoms with E-state index in [-0.39, 0.29) is 5.91 Å². The van der Waals surface area contributed by atoms with E-state index in [0.717, 1.165) is 43.1 Å². The lowest BCUT2D eigenvalue weighted by molar-refractivity contribution is -0.137. The Morgan fingerprint density at radius 2 is 1.77 bits per heavy atom. The van der Waals surface area contributed by atoms with Crippen molar-refractivity contribution in [2.24, 2.45) is 0 Å². The number of hydrogen-bond acceptors (Lipinski definition) is 3. The van der Waals surface area contributed by atoms with Gasteiger partial charge < -0.3 is 9.30 Å². The molecule has 0 N–H and O–H groups in total. The number of aromatic nitrogens is 2. The number of carbonyl (C=O) groups excluding carboxylic acids is 1. The summed E-state index contributed by atoms with van der Waals surface area (Å²) in [5.74, 6) is -0.137. The van der Waals surface area contributed by atoms with Gasteiger partial charge in [0.15, 0.2) is 0 Å². The Hall–Kier alpha value is -3.13. The fourth-order valence-electron chi connectivity index (χ4n) is 3.47. The van der Waals surface area contributed by atoms with E-state index in [1.165, 1.54) is 18.2 Å². The molecule has 2 aromatic heterocycles. The van der Waals surface area contributed by atoms with E-state index < -0.39 is 11.7 Å². The number of carbonyl (C=O) groups is 1. The highest BCUT2D eigenvalue weighted by atomic mass is 19.4. The molecule has 5 nitrogen and oxygen atoms in total. The molecule has 156 valence electrons. The molecule has 1 fully saturated rings. The molecule has 3 aromatic rings. The molecular formula is C22H21F3N4O. The predicted molar refractivity (Wildman–Crippen MR) is 108 cm³/mol. The van der Waals surface area contributed by atoms with Gasteiger partial charge in [-0.1, -0.05) is 18.2 Å². The van der Waals surface area contributed by atoms with Crippen molar-refractivity contribution in [2.45, 2.75) is 12.7 Å². The maximum absolute atomic E-state index is 12.6. The normalized spacial score (nSPS) is 15.9. The summed E-state index contributed by atoms with van der Waals surface area (Å²) in [7, 11) is 0. The van der Waals surface area contributed by atoms with Crippen LogP contribution in [0.5, 0.6) is 0 Å². The van der Waals surface area contributed by atoms with Crippen LogP contribution in [-0.2, 0) is 17.5 Å². The van der Waals surface area contributed by atoms with Gasteiger partial charge in [-0.25, -0.2) is 4.98 Å². The predicted octanol–water partition coefficient (Wildman–Crippen LogP) is 3.71. The second-order valence-corrected chi connectivity index (χ2v) is 7.25. The minimum Gasteiger partial charge on any atom is -0.337 e. The van der Waals surface area contributed by atoms with Crippen LogP contribution in [0.2, 0.25) is 0 Å². The van der Waals surface area contributed by atoms with Gasteiger partial charge in [0.25, 0.3) is 0 Å². The fourth-order valence-corrected chi connectivity index (χ4v) is 3.47. The first-order valence-electron chi connectivity index (χ1n) is 9.68. The number of benzene rings is 1. The van der Waals surface area contributed by atoms with E-state index in [1.54, 1.807) is 11.0 Å². The van der Waals surface area contributed by atoms with Crippen molar-refractivity contribution in [2.75, 3.05) is 26.2 Å². The summed E-state index contributed by atoms with van der Waals surface area (Å²) in [6.45, 7) is 3.42. The summed E-state index contributed by atoms with van der Waals surface area (Å²) in [6, 6.07) is 10.6. The molecule has 1 aliphatic heterocycles. The molecule has 8 heteroatoms. The maximum Gasteiger partial charge on any atom is 0.416 e. The third-order valence-electron chi connectivity index (χ3n) is 5.14. The molecule has 0 bridgehead atoms. The molecule has 0 radical (unpaired) electrons. The number of alkyl halides is 3. The first kappa shape index (κ1) is 20.2. The van der Waals surface area contributed by atoms with Crippen LogP contribution < -0.4 is 0 Å². The third kappa shape index (κ3) is 4.71. The number of fused-ring (bicyclic) bond motifs is 1. The van der Waals surface area contributed by atoms with Gasteiger partial charge in [-0.05, 0) is 35.9 Å². The fraction of sp³-hybridized carbons (Fsp3) is 0.273. The number of rotatable bonds is 4. The number of hydrogen-bond donors (Lipinski definition) is 0. The Labute approximate surface area is 172 Å². The van der Waals surface area contributed by atoms with Crippen molar-refractivity contribution in [3.05, 3.63) is 77.8 Å². The highest BCUT2D eigenvalue weighted by Gasteiger charge is 2.29. The monoisotopic (exact) mass is 414 g/mol. The van der Waals surface area contributed by atoms with Gasteiger partial charge in [0, 0.05) is 51.2 Å². The Bertz CT molecular complexity index is 1020. The third-order valence-corrected chi connectivity index (χ3v) is 5.14. The number of nitrogens with zero attached hydrogens (tertiary/aromatic N) is 4. The van der Waals surface area contributed by atoms with Crippen LogP contribution in [0.4, 0.5) is 13.2 Å². The summed E-state index contributed by atoms with van der Waals surface area (Å²) >= 11 is 0. The Morgan fingerprint density at radius 1 is 1.03 bits per heavy atom. The highest BCUT2D eigenvalue weighted by Crippen LogP contribution is 2.29. The molecule has 0 spiro atoms. The summed E-state index contributed by atoms with van der Waals surface area (Å²) < 4.78 is 39.8. The maximum atomic E-state index is 12.6. The van der Waals surface area contributed by atoms with Crippen molar-refractivity contribution in [1.29, 1.82) is 0 Å². The minimum absolute atomic E-state index is 0.137. The Kier molecular flexibility index (Phi) is 5.59. The Balaban J connectivity index is 1.29. The van der Waals surface area contributed by atoms with Crippen molar-refractivity contribution in [3.8, 4) is 0 Å². The highest BCUT2D eigenvalue weighted by molar-refractivity contribution is 5.91. The summed E-state index contributed by atoms with van der Waals surface area (Å²) in [6.07, 6.45) is 2.58. The lowest BCUT2D eigenvalue weighted by Crippen LogP contribution is -2.47. The second-order valence-electron chi connectivity index (χ2n) is 7.25. The number of imidazole rings is 1. The molecular weight excluding hydrogens is 393 g/mol. The van der Waals surface area contributed by atoms with Crippen LogP contribution in [0, 0.1) is 0 Å². The van der Waals surface area contributed by atoms with Gasteiger partial charge in [-0.2, -0.15) is 13.2 Å². The average molecular weight is 414 g/mol. The van der Waals surface area contributed by atoms with Crippen LogP contribution in [0.25, 0.3) is 11.7 Å². The van der Waals surface area contributed by atoms with Crippen LogP contribution in [0.3, 0.4) is 0 Å². The van der Waals surface area contributed by atoms with Crippen LogP contribution >= 0.6 is 0 Å². The smallest absolute Gasteiger partial charge is 0.337 e. The number of piperazine rings is 1. The van der Waals surface area contributed by atoms with E-state index in [4.69, 9.17) is 0 Å². The number of pyridine rings is 1. The van der Waals surface area contributed by atoms with Gasteiger partial charge in [0.2, 0.25) is 5.91 Å². The average Bonchev–Trinajstić information content (AvgIpc) is 3.14. The number of amides is 1. The molecule has 0 unspecified atom stereocenters. The van der Waals surface area contributed by atoms with E-state index in [9.17, 15) is 18.0 Å². The van der Waals surface area contributed by atoms with Crippen LogP contribution in [-0.4, -0.2) is 51.3 Å². The van der Waals surface area contributed by atoms with Crippen LogP contribution in [0.15, 0.2) is 60.9 Å². The topological polar surface area (TPSA) is 40.9 Å². The largest absolute Gasteiger partial charge is 0.416 e. The molecule has 4 rings (SSSR count). The van der Waals surface area contributed by atoms with Gasteiger partial charge >= 0.3 is 6.18 Å². The lowest BCUT2D eigenvalue weighted by atomic mass is 10.1. The van der Waals surface area contributed by atoms with Gasteiger partial charge in [-0.15, -0.1) is 0 Å². The van der Waals surface area contributed by atoms with Crippen molar-refractivity contribution in [1.82, 2.24) is 19.2 Å². The van der Waals surface area contributed by atoms with Gasteiger partial charge in [-0.3, -0.25) is 9.69 Å². The molecule has 1 aromatic carbocycles. The van der Waals surface area contributed by atoms with Crippen molar-refractivity contribution < 1.29 is 18.0 Å². The molecule has 1 saturated heterocycles. The molecule has 0 atom stereocenters. The Morgan fingerprint density at radius 3 is 2.43 bits per heavy atom. The van der Waals surface area contributed by atoms with Gasteiger partial charge in [0.05, 0.1) is 11.3 Å². The van der Waals surface area contributed by atoms with Crippen LogP contribution in [0.1, 0.15) is 16.8 Å².